The van der Waals surface area contributed by atoms with Gasteiger partial charge >= 0.3 is 0 Å². The van der Waals surface area contributed by atoms with Crippen LogP contribution in [0.2, 0.25) is 0 Å². The van der Waals surface area contributed by atoms with Gasteiger partial charge in [-0.3, -0.25) is 4.90 Å². The van der Waals surface area contributed by atoms with Crippen LogP contribution in [0.1, 0.15) is 220 Å². The molecule has 0 saturated carbocycles. The maximum atomic E-state index is 2.89. The first-order chi connectivity index (χ1) is 20.5. The van der Waals surface area contributed by atoms with Crippen LogP contribution < -0.4 is 17.0 Å². The molecule has 0 aromatic heterocycles. The third-order valence-corrected chi connectivity index (χ3v) is 10.2. The van der Waals surface area contributed by atoms with Crippen LogP contribution in [0.4, 0.5) is 0 Å². The molecule has 2 nitrogen and oxygen atoms in total. The normalized spacial score (nSPS) is 12.6. The lowest BCUT2D eigenvalue weighted by molar-refractivity contribution is -0.925. The van der Waals surface area contributed by atoms with Gasteiger partial charge in [0.15, 0.2) is 0 Å². The Labute approximate surface area is 285 Å². The first kappa shape index (κ1) is 45.5. The summed E-state index contributed by atoms with van der Waals surface area (Å²) in [7, 11) is 5.03. The van der Waals surface area contributed by atoms with Gasteiger partial charge in [-0.15, -0.1) is 0 Å². The molecule has 0 aliphatic rings. The van der Waals surface area contributed by atoms with E-state index in [1.54, 1.807) is 0 Å². The Morgan fingerprint density at radius 3 is 0.884 bits per heavy atom. The zero-order chi connectivity index (χ0) is 31.0. The molecule has 0 heterocycles. The van der Waals surface area contributed by atoms with Crippen molar-refractivity contribution in [3.8, 4) is 0 Å². The summed E-state index contributed by atoms with van der Waals surface area (Å²) in [5, 5.41) is 0. The number of rotatable bonds is 35. The molecule has 43 heavy (non-hydrogen) atoms. The average Bonchev–Trinajstić information content (AvgIpc) is 2.98. The Kier molecular flexibility index (Phi) is 37.3. The van der Waals surface area contributed by atoms with E-state index in [9.17, 15) is 0 Å². The standard InChI is InChI=1S/C40H85N2.BrH/c1-7-10-13-16-19-22-23-24-25-26-27-30-33-36-39-42(5,6)40(4)41(37-34-31-28-20-17-14-11-8-2)38-35-32-29-21-18-15-12-9-3;/h40H,7-39H2,1-6H3;1H/q+1;/p-1. The Bertz CT molecular complexity index is 489. The van der Waals surface area contributed by atoms with E-state index >= 15 is 0 Å². The number of unbranched alkanes of at least 4 members (excludes halogenated alkanes) is 27. The summed E-state index contributed by atoms with van der Waals surface area (Å²) in [6.07, 6.45) is 43.8. The second-order valence-electron chi connectivity index (χ2n) is 14.7. The molecule has 262 valence electrons. The third-order valence-electron chi connectivity index (χ3n) is 10.2. The predicted octanol–water partition coefficient (Wildman–Crippen LogP) is 10.5. The topological polar surface area (TPSA) is 3.24 Å². The molecule has 0 aromatic carbocycles. The van der Waals surface area contributed by atoms with Crippen molar-refractivity contribution < 1.29 is 21.5 Å². The first-order valence-electron chi connectivity index (χ1n) is 20.1. The summed E-state index contributed by atoms with van der Waals surface area (Å²) in [6.45, 7) is 13.5. The third kappa shape index (κ3) is 30.8. The lowest BCUT2D eigenvalue weighted by Gasteiger charge is -2.42. The van der Waals surface area contributed by atoms with Gasteiger partial charge in [-0.05, 0) is 25.7 Å². The maximum Gasteiger partial charge on any atom is 0.142 e. The fourth-order valence-corrected chi connectivity index (χ4v) is 6.73. The van der Waals surface area contributed by atoms with E-state index in [1.165, 1.54) is 217 Å². The van der Waals surface area contributed by atoms with Crippen molar-refractivity contribution >= 4 is 0 Å². The molecule has 0 spiro atoms. The lowest BCUT2D eigenvalue weighted by Crippen LogP contribution is -3.00. The van der Waals surface area contributed by atoms with E-state index in [0.29, 0.717) is 6.17 Å². The fourth-order valence-electron chi connectivity index (χ4n) is 6.73. The molecule has 0 aromatic rings. The van der Waals surface area contributed by atoms with Crippen molar-refractivity contribution in [3.05, 3.63) is 0 Å². The van der Waals surface area contributed by atoms with E-state index in [4.69, 9.17) is 0 Å². The highest BCUT2D eigenvalue weighted by Crippen LogP contribution is 2.19. The van der Waals surface area contributed by atoms with E-state index in [-0.39, 0.29) is 17.0 Å². The molecule has 0 saturated heterocycles. The summed E-state index contributed by atoms with van der Waals surface area (Å²) in [5.74, 6) is 0. The molecule has 0 bridgehead atoms. The van der Waals surface area contributed by atoms with Gasteiger partial charge in [0.2, 0.25) is 0 Å². The quantitative estimate of drug-likeness (QED) is 0.0368. The Morgan fingerprint density at radius 2 is 0.605 bits per heavy atom. The van der Waals surface area contributed by atoms with Crippen LogP contribution in [0.5, 0.6) is 0 Å². The molecular formula is C40H85BrN2. The van der Waals surface area contributed by atoms with Crippen LogP contribution in [0.25, 0.3) is 0 Å². The molecule has 1 atom stereocenters. The zero-order valence-corrected chi connectivity index (χ0v) is 32.8. The van der Waals surface area contributed by atoms with Crippen LogP contribution in [-0.4, -0.2) is 49.3 Å². The largest absolute Gasteiger partial charge is 1.00 e. The minimum atomic E-state index is 0. The van der Waals surface area contributed by atoms with Crippen molar-refractivity contribution in [2.45, 2.75) is 226 Å². The second-order valence-corrected chi connectivity index (χ2v) is 14.7. The fraction of sp³-hybridized carbons (Fsp3) is 1.00. The van der Waals surface area contributed by atoms with Gasteiger partial charge in [-0.25, -0.2) is 0 Å². The van der Waals surface area contributed by atoms with Crippen molar-refractivity contribution in [3.63, 3.8) is 0 Å². The highest BCUT2D eigenvalue weighted by atomic mass is 79.9. The van der Waals surface area contributed by atoms with Crippen LogP contribution in [-0.2, 0) is 0 Å². The Hall–Kier alpha value is 0.400. The van der Waals surface area contributed by atoms with Crippen molar-refractivity contribution in [2.75, 3.05) is 33.7 Å². The molecule has 0 aliphatic carbocycles. The summed E-state index contributed by atoms with van der Waals surface area (Å²) in [6, 6.07) is 0. The molecule has 0 rings (SSSR count). The summed E-state index contributed by atoms with van der Waals surface area (Å²) < 4.78 is 1.17. The lowest BCUT2D eigenvalue weighted by atomic mass is 10.0. The van der Waals surface area contributed by atoms with Gasteiger partial charge < -0.3 is 21.5 Å². The number of halogens is 1. The molecule has 0 radical (unpaired) electrons. The first-order valence-corrected chi connectivity index (χ1v) is 20.1. The molecule has 0 aliphatic heterocycles. The molecular weight excluding hydrogens is 588 g/mol. The average molecular weight is 674 g/mol. The van der Waals surface area contributed by atoms with Crippen LogP contribution in [0.3, 0.4) is 0 Å². The van der Waals surface area contributed by atoms with Gasteiger partial charge in [0.1, 0.15) is 6.17 Å². The minimum Gasteiger partial charge on any atom is -1.00 e. The Balaban J connectivity index is 0. The monoisotopic (exact) mass is 673 g/mol. The number of nitrogens with zero attached hydrogens (tertiary/aromatic N) is 2. The van der Waals surface area contributed by atoms with Crippen molar-refractivity contribution in [1.82, 2.24) is 4.90 Å². The summed E-state index contributed by atoms with van der Waals surface area (Å²) >= 11 is 0. The maximum absolute atomic E-state index is 2.89. The van der Waals surface area contributed by atoms with Crippen LogP contribution >= 0.6 is 0 Å². The highest BCUT2D eigenvalue weighted by molar-refractivity contribution is 4.63. The van der Waals surface area contributed by atoms with E-state index in [0.717, 1.165) is 0 Å². The van der Waals surface area contributed by atoms with E-state index < -0.39 is 0 Å². The molecule has 0 N–H and O–H groups in total. The van der Waals surface area contributed by atoms with Crippen LogP contribution in [0, 0.1) is 0 Å². The molecule has 1 unspecified atom stereocenters. The smallest absolute Gasteiger partial charge is 0.142 e. The van der Waals surface area contributed by atoms with E-state index in [2.05, 4.69) is 46.7 Å². The van der Waals surface area contributed by atoms with Crippen molar-refractivity contribution in [1.29, 1.82) is 0 Å². The number of quaternary nitrogens is 1. The summed E-state index contributed by atoms with van der Waals surface area (Å²) in [4.78, 5) is 2.89. The molecule has 0 amide bonds. The van der Waals surface area contributed by atoms with E-state index in [1.807, 2.05) is 0 Å². The number of hydrogen-bond donors (Lipinski definition) is 0. The second kappa shape index (κ2) is 35.3. The van der Waals surface area contributed by atoms with Gasteiger partial charge in [0.25, 0.3) is 0 Å². The van der Waals surface area contributed by atoms with Gasteiger partial charge in [0, 0.05) is 20.0 Å². The zero-order valence-electron chi connectivity index (χ0n) is 31.2. The molecule has 0 fully saturated rings. The number of hydrogen-bond acceptors (Lipinski definition) is 1. The van der Waals surface area contributed by atoms with Gasteiger partial charge in [0.05, 0.1) is 20.6 Å². The van der Waals surface area contributed by atoms with Gasteiger partial charge in [-0.2, -0.15) is 0 Å². The van der Waals surface area contributed by atoms with Gasteiger partial charge in [-0.1, -0.05) is 188 Å². The molecule has 3 heteroatoms. The van der Waals surface area contributed by atoms with Crippen molar-refractivity contribution in [2.24, 2.45) is 0 Å². The SMILES string of the molecule is CCCCCCCCCCCCCCCC[N+](C)(C)C(C)N(CCCCCCCCCC)CCCCCCCCCC.[Br-]. The Morgan fingerprint density at radius 1 is 0.372 bits per heavy atom. The minimum absolute atomic E-state index is 0. The predicted molar refractivity (Wildman–Crippen MR) is 194 cm³/mol. The summed E-state index contributed by atoms with van der Waals surface area (Å²) in [5.41, 5.74) is 0. The highest BCUT2D eigenvalue weighted by Gasteiger charge is 2.28. The van der Waals surface area contributed by atoms with Crippen LogP contribution in [0.15, 0.2) is 0 Å².